The van der Waals surface area contributed by atoms with Gasteiger partial charge >= 0.3 is 0 Å². The number of hydrogen-bond acceptors (Lipinski definition) is 6. The van der Waals surface area contributed by atoms with Crippen molar-refractivity contribution in [3.8, 4) is 17.5 Å². The zero-order chi connectivity index (χ0) is 21.5. The van der Waals surface area contributed by atoms with Crippen LogP contribution in [0.3, 0.4) is 0 Å². The Morgan fingerprint density at radius 3 is 2.73 bits per heavy atom. The highest BCUT2D eigenvalue weighted by Crippen LogP contribution is 2.34. The molecule has 7 nitrogen and oxygen atoms in total. The second-order valence-electron chi connectivity index (χ2n) is 9.02. The lowest BCUT2D eigenvalue weighted by Crippen LogP contribution is -2.45. The standard InChI is InChI=1S/C23H26N6O/c1-15-11-17(21(30)23(2,3)4)8-10-28(15)22-20-6-5-19(29(20)27-14-26-22)18-12-16(13-24)7-9-25-18/h5-7,9,12,14-15,17H,8,10-11H2,1-4H3/t15-,17-/m0/s1. The number of nitriles is 1. The summed E-state index contributed by atoms with van der Waals surface area (Å²) >= 11 is 0. The van der Waals surface area contributed by atoms with Crippen LogP contribution in [0.2, 0.25) is 0 Å². The van der Waals surface area contributed by atoms with Crippen molar-refractivity contribution < 1.29 is 4.79 Å². The molecule has 1 aliphatic rings. The van der Waals surface area contributed by atoms with Crippen LogP contribution in [0, 0.1) is 22.7 Å². The van der Waals surface area contributed by atoms with Crippen molar-refractivity contribution in [1.82, 2.24) is 19.6 Å². The summed E-state index contributed by atoms with van der Waals surface area (Å²) in [6, 6.07) is 9.74. The minimum atomic E-state index is -0.309. The van der Waals surface area contributed by atoms with Gasteiger partial charge in [-0.25, -0.2) is 9.50 Å². The van der Waals surface area contributed by atoms with Crippen LogP contribution in [-0.4, -0.2) is 38.0 Å². The monoisotopic (exact) mass is 402 g/mol. The number of pyridine rings is 1. The zero-order valence-electron chi connectivity index (χ0n) is 17.8. The highest BCUT2D eigenvalue weighted by atomic mass is 16.1. The van der Waals surface area contributed by atoms with E-state index in [0.717, 1.165) is 36.4 Å². The maximum atomic E-state index is 12.8. The molecule has 3 aromatic rings. The summed E-state index contributed by atoms with van der Waals surface area (Å²) in [7, 11) is 0. The third-order valence-electron chi connectivity index (χ3n) is 5.84. The first-order valence-corrected chi connectivity index (χ1v) is 10.3. The largest absolute Gasteiger partial charge is 0.352 e. The smallest absolute Gasteiger partial charge is 0.156 e. The molecule has 0 amide bonds. The molecule has 0 unspecified atom stereocenters. The zero-order valence-corrected chi connectivity index (χ0v) is 17.8. The lowest BCUT2D eigenvalue weighted by Gasteiger charge is -2.39. The van der Waals surface area contributed by atoms with Gasteiger partial charge in [-0.3, -0.25) is 9.78 Å². The fraction of sp³-hybridized carbons (Fsp3) is 0.435. The van der Waals surface area contributed by atoms with Crippen LogP contribution in [0.5, 0.6) is 0 Å². The minimum absolute atomic E-state index is 0.0920. The normalized spacial score (nSPS) is 19.6. The van der Waals surface area contributed by atoms with Crippen LogP contribution in [0.4, 0.5) is 5.82 Å². The molecule has 30 heavy (non-hydrogen) atoms. The molecule has 1 saturated heterocycles. The Balaban J connectivity index is 1.66. The minimum Gasteiger partial charge on any atom is -0.352 e. The fourth-order valence-corrected chi connectivity index (χ4v) is 4.31. The number of carbonyl (C=O) groups is 1. The number of rotatable bonds is 3. The molecule has 0 aliphatic carbocycles. The Morgan fingerprint density at radius 2 is 2.03 bits per heavy atom. The first-order chi connectivity index (χ1) is 14.3. The summed E-state index contributed by atoms with van der Waals surface area (Å²) in [5.41, 5.74) is 2.65. The average Bonchev–Trinajstić information content (AvgIpc) is 3.17. The van der Waals surface area contributed by atoms with Gasteiger partial charge in [0.1, 0.15) is 17.6 Å². The van der Waals surface area contributed by atoms with Gasteiger partial charge in [0.15, 0.2) is 5.82 Å². The number of anilines is 1. The Morgan fingerprint density at radius 1 is 1.23 bits per heavy atom. The molecule has 7 heteroatoms. The van der Waals surface area contributed by atoms with Crippen molar-refractivity contribution >= 4 is 17.1 Å². The Hall–Kier alpha value is -3.27. The van der Waals surface area contributed by atoms with E-state index in [9.17, 15) is 10.1 Å². The van der Waals surface area contributed by atoms with E-state index >= 15 is 0 Å². The number of carbonyl (C=O) groups excluding carboxylic acids is 1. The third kappa shape index (κ3) is 3.54. The average molecular weight is 403 g/mol. The molecule has 0 saturated carbocycles. The molecule has 0 aromatic carbocycles. The van der Waals surface area contributed by atoms with Gasteiger partial charge in [-0.1, -0.05) is 20.8 Å². The lowest BCUT2D eigenvalue weighted by atomic mass is 9.77. The van der Waals surface area contributed by atoms with Crippen molar-refractivity contribution in [3.05, 3.63) is 42.4 Å². The molecule has 0 bridgehead atoms. The molecule has 3 aromatic heterocycles. The molecule has 4 heterocycles. The van der Waals surface area contributed by atoms with Gasteiger partial charge in [0.05, 0.1) is 23.0 Å². The summed E-state index contributed by atoms with van der Waals surface area (Å²) < 4.78 is 1.82. The van der Waals surface area contributed by atoms with E-state index < -0.39 is 0 Å². The quantitative estimate of drug-likeness (QED) is 0.661. The number of piperidine rings is 1. The van der Waals surface area contributed by atoms with Crippen molar-refractivity contribution in [2.75, 3.05) is 11.4 Å². The van der Waals surface area contributed by atoms with E-state index in [2.05, 4.69) is 33.0 Å². The number of aromatic nitrogens is 4. The molecule has 0 spiro atoms. The van der Waals surface area contributed by atoms with Gasteiger partial charge in [0, 0.05) is 30.1 Å². The fourth-order valence-electron chi connectivity index (χ4n) is 4.31. The SMILES string of the molecule is C[C@H]1C[C@@H](C(=O)C(C)(C)C)CCN1c1ncnn2c(-c3cc(C#N)ccn3)ccc12. The molecular formula is C23H26N6O. The van der Waals surface area contributed by atoms with Crippen LogP contribution < -0.4 is 4.90 Å². The molecule has 0 N–H and O–H groups in total. The predicted molar refractivity (Wildman–Crippen MR) is 115 cm³/mol. The molecule has 1 aliphatic heterocycles. The van der Waals surface area contributed by atoms with E-state index in [0.29, 0.717) is 17.0 Å². The van der Waals surface area contributed by atoms with Gasteiger partial charge in [-0.2, -0.15) is 10.4 Å². The van der Waals surface area contributed by atoms with Crippen LogP contribution in [0.15, 0.2) is 36.8 Å². The van der Waals surface area contributed by atoms with Gasteiger partial charge in [-0.15, -0.1) is 0 Å². The van der Waals surface area contributed by atoms with Gasteiger partial charge < -0.3 is 4.90 Å². The lowest BCUT2D eigenvalue weighted by molar-refractivity contribution is -0.131. The molecule has 154 valence electrons. The van der Waals surface area contributed by atoms with Gasteiger partial charge in [0.2, 0.25) is 0 Å². The molecule has 0 radical (unpaired) electrons. The maximum Gasteiger partial charge on any atom is 0.156 e. The van der Waals surface area contributed by atoms with Crippen LogP contribution >= 0.6 is 0 Å². The number of nitrogens with zero attached hydrogens (tertiary/aromatic N) is 6. The van der Waals surface area contributed by atoms with Crippen LogP contribution in [-0.2, 0) is 4.79 Å². The molecule has 1 fully saturated rings. The van der Waals surface area contributed by atoms with Gasteiger partial charge in [0.25, 0.3) is 0 Å². The topological polar surface area (TPSA) is 87.2 Å². The number of Topliss-reactive ketones (excluding diaryl/α,β-unsaturated/α-hetero) is 1. The van der Waals surface area contributed by atoms with Crippen molar-refractivity contribution in [1.29, 1.82) is 5.26 Å². The molecular weight excluding hydrogens is 376 g/mol. The number of hydrogen-bond donors (Lipinski definition) is 0. The summed E-state index contributed by atoms with van der Waals surface area (Å²) in [4.78, 5) is 24.0. The molecule has 2 atom stereocenters. The summed E-state index contributed by atoms with van der Waals surface area (Å²) in [6.45, 7) is 8.93. The van der Waals surface area contributed by atoms with E-state index in [4.69, 9.17) is 0 Å². The summed E-state index contributed by atoms with van der Waals surface area (Å²) in [6.07, 6.45) is 4.84. The second kappa shape index (κ2) is 7.52. The first kappa shape index (κ1) is 20.0. The van der Waals surface area contributed by atoms with E-state index in [1.807, 2.05) is 37.4 Å². The maximum absolute atomic E-state index is 12.8. The number of ketones is 1. The second-order valence-corrected chi connectivity index (χ2v) is 9.02. The van der Waals surface area contributed by atoms with Crippen LogP contribution in [0.1, 0.15) is 46.1 Å². The first-order valence-electron chi connectivity index (χ1n) is 10.3. The van der Waals surface area contributed by atoms with E-state index in [-0.39, 0.29) is 17.4 Å². The third-order valence-corrected chi connectivity index (χ3v) is 5.84. The van der Waals surface area contributed by atoms with Crippen molar-refractivity contribution in [2.45, 2.75) is 46.6 Å². The Labute approximate surface area is 176 Å². The Bertz CT molecular complexity index is 1140. The van der Waals surface area contributed by atoms with Crippen molar-refractivity contribution in [3.63, 3.8) is 0 Å². The van der Waals surface area contributed by atoms with Gasteiger partial charge in [-0.05, 0) is 44.0 Å². The summed E-state index contributed by atoms with van der Waals surface area (Å²) in [5, 5.41) is 13.6. The predicted octanol–water partition coefficient (Wildman–Crippen LogP) is 3.88. The molecule has 4 rings (SSSR count). The van der Waals surface area contributed by atoms with E-state index in [1.165, 1.54) is 0 Å². The highest BCUT2D eigenvalue weighted by Gasteiger charge is 2.36. The Kier molecular flexibility index (Phi) is 5.02. The highest BCUT2D eigenvalue weighted by molar-refractivity contribution is 5.86. The van der Waals surface area contributed by atoms with Crippen molar-refractivity contribution in [2.24, 2.45) is 11.3 Å². The van der Waals surface area contributed by atoms with Crippen LogP contribution in [0.25, 0.3) is 16.9 Å². The number of fused-ring (bicyclic) bond motifs is 1. The summed E-state index contributed by atoms with van der Waals surface area (Å²) in [5.74, 6) is 1.30. The van der Waals surface area contributed by atoms with E-state index in [1.54, 1.807) is 24.7 Å².